The number of anilines is 1. The Kier molecular flexibility index (Phi) is 6.88. The fourth-order valence-corrected chi connectivity index (χ4v) is 4.27. The highest BCUT2D eigenvalue weighted by molar-refractivity contribution is 6.42. The van der Waals surface area contributed by atoms with Crippen LogP contribution in [0.5, 0.6) is 0 Å². The first kappa shape index (κ1) is 23.5. The van der Waals surface area contributed by atoms with Crippen molar-refractivity contribution in [3.63, 3.8) is 0 Å². The number of ether oxygens (including phenoxy) is 1. The summed E-state index contributed by atoms with van der Waals surface area (Å²) in [5, 5.41) is 4.14. The predicted octanol–water partition coefficient (Wildman–Crippen LogP) is 5.49. The average Bonchev–Trinajstić information content (AvgIpc) is 2.79. The van der Waals surface area contributed by atoms with E-state index in [1.807, 2.05) is 24.3 Å². The molecule has 0 aliphatic carbocycles. The molecule has 0 saturated heterocycles. The van der Waals surface area contributed by atoms with Crippen LogP contribution in [0.3, 0.4) is 0 Å². The van der Waals surface area contributed by atoms with E-state index < -0.39 is 18.0 Å². The second-order valence-corrected chi connectivity index (χ2v) is 9.22. The number of benzene rings is 2. The van der Waals surface area contributed by atoms with Crippen LogP contribution in [-0.4, -0.2) is 40.5 Å². The van der Waals surface area contributed by atoms with E-state index in [4.69, 9.17) is 32.9 Å². The SMILES string of the molecule is CC(OC(=O)c1c2c(nc3ccccc13)CCN(C(C)C)C2)C(=O)Nc1ccc(Cl)c(Cl)c1. The van der Waals surface area contributed by atoms with E-state index >= 15 is 0 Å². The van der Waals surface area contributed by atoms with Gasteiger partial charge in [0.15, 0.2) is 6.10 Å². The summed E-state index contributed by atoms with van der Waals surface area (Å²) in [5.74, 6) is -0.995. The minimum absolute atomic E-state index is 0.323. The molecule has 0 fully saturated rings. The van der Waals surface area contributed by atoms with Gasteiger partial charge in [0.2, 0.25) is 0 Å². The second-order valence-electron chi connectivity index (χ2n) is 8.41. The fraction of sp³-hybridized carbons (Fsp3) is 0.320. The van der Waals surface area contributed by atoms with E-state index in [1.54, 1.807) is 25.1 Å². The number of halogens is 2. The minimum atomic E-state index is -1.01. The van der Waals surface area contributed by atoms with Crippen molar-refractivity contribution < 1.29 is 14.3 Å². The Bertz CT molecular complexity index is 1230. The number of rotatable bonds is 5. The van der Waals surface area contributed by atoms with E-state index in [9.17, 15) is 9.59 Å². The molecule has 33 heavy (non-hydrogen) atoms. The zero-order valence-corrected chi connectivity index (χ0v) is 20.2. The van der Waals surface area contributed by atoms with Gasteiger partial charge in [-0.05, 0) is 45.0 Å². The molecule has 1 amide bonds. The van der Waals surface area contributed by atoms with Crippen molar-refractivity contribution in [2.45, 2.75) is 45.9 Å². The first-order valence-electron chi connectivity index (χ1n) is 10.9. The summed E-state index contributed by atoms with van der Waals surface area (Å²) in [4.78, 5) is 33.2. The number of nitrogens with zero attached hydrogens (tertiary/aromatic N) is 2. The molecule has 1 unspecified atom stereocenters. The summed E-state index contributed by atoms with van der Waals surface area (Å²) in [6.07, 6.45) is -0.259. The van der Waals surface area contributed by atoms with Gasteiger partial charge in [-0.3, -0.25) is 14.7 Å². The topological polar surface area (TPSA) is 71.5 Å². The summed E-state index contributed by atoms with van der Waals surface area (Å²) < 4.78 is 5.64. The van der Waals surface area contributed by atoms with Crippen LogP contribution in [0.15, 0.2) is 42.5 Å². The lowest BCUT2D eigenvalue weighted by atomic mass is 9.95. The number of amides is 1. The molecule has 1 N–H and O–H groups in total. The van der Waals surface area contributed by atoms with Gasteiger partial charge in [0.1, 0.15) is 0 Å². The molecule has 0 spiro atoms. The third kappa shape index (κ3) is 4.98. The molecule has 0 radical (unpaired) electrons. The molecule has 8 heteroatoms. The first-order chi connectivity index (χ1) is 15.7. The lowest BCUT2D eigenvalue weighted by molar-refractivity contribution is -0.123. The molecule has 1 aliphatic rings. The highest BCUT2D eigenvalue weighted by Crippen LogP contribution is 2.30. The summed E-state index contributed by atoms with van der Waals surface area (Å²) >= 11 is 11.9. The zero-order chi connectivity index (χ0) is 23.7. The maximum atomic E-state index is 13.4. The Morgan fingerprint density at radius 1 is 1.09 bits per heavy atom. The molecule has 1 aliphatic heterocycles. The molecular formula is C25H25Cl2N3O3. The molecule has 2 heterocycles. The highest BCUT2D eigenvalue weighted by Gasteiger charge is 2.29. The Morgan fingerprint density at radius 3 is 2.58 bits per heavy atom. The van der Waals surface area contributed by atoms with Crippen molar-refractivity contribution in [3.05, 3.63) is 69.3 Å². The van der Waals surface area contributed by atoms with E-state index in [0.29, 0.717) is 33.9 Å². The monoisotopic (exact) mass is 485 g/mol. The highest BCUT2D eigenvalue weighted by atomic mass is 35.5. The maximum Gasteiger partial charge on any atom is 0.339 e. The van der Waals surface area contributed by atoms with Crippen molar-refractivity contribution in [2.24, 2.45) is 0 Å². The standard InChI is InChI=1S/C25H25Cl2N3O3/c1-14(2)30-11-10-22-18(13-30)23(17-6-4-5-7-21(17)29-22)25(32)33-15(3)24(31)28-16-8-9-19(26)20(27)12-16/h4-9,12,14-15H,10-11,13H2,1-3H3,(H,28,31). The van der Waals surface area contributed by atoms with Gasteiger partial charge in [0, 0.05) is 47.9 Å². The van der Waals surface area contributed by atoms with Gasteiger partial charge in [-0.15, -0.1) is 0 Å². The van der Waals surface area contributed by atoms with Gasteiger partial charge >= 0.3 is 5.97 Å². The average molecular weight is 486 g/mol. The van der Waals surface area contributed by atoms with Crippen LogP contribution < -0.4 is 5.32 Å². The normalized spacial score (nSPS) is 14.7. The van der Waals surface area contributed by atoms with Crippen LogP contribution in [-0.2, 0) is 22.5 Å². The van der Waals surface area contributed by atoms with E-state index in [1.165, 1.54) is 0 Å². The van der Waals surface area contributed by atoms with Crippen LogP contribution in [0.1, 0.15) is 42.4 Å². The summed E-state index contributed by atoms with van der Waals surface area (Å²) in [5.41, 5.74) is 3.47. The van der Waals surface area contributed by atoms with Crippen LogP contribution in [0.4, 0.5) is 5.69 Å². The van der Waals surface area contributed by atoms with Crippen molar-refractivity contribution in [1.82, 2.24) is 9.88 Å². The predicted molar refractivity (Wildman–Crippen MR) is 131 cm³/mol. The quantitative estimate of drug-likeness (QED) is 0.483. The molecule has 172 valence electrons. The number of hydrogen-bond donors (Lipinski definition) is 1. The molecule has 6 nitrogen and oxygen atoms in total. The third-order valence-corrected chi connectivity index (χ3v) is 6.59. The molecule has 2 aromatic carbocycles. The molecule has 0 saturated carbocycles. The Balaban J connectivity index is 1.61. The van der Waals surface area contributed by atoms with Crippen LogP contribution in [0.25, 0.3) is 10.9 Å². The second kappa shape index (κ2) is 9.67. The number of carbonyl (C=O) groups is 2. The summed E-state index contributed by atoms with van der Waals surface area (Å²) in [6.45, 7) is 7.30. The lowest BCUT2D eigenvalue weighted by Crippen LogP contribution is -2.37. The largest absolute Gasteiger partial charge is 0.449 e. The van der Waals surface area contributed by atoms with Gasteiger partial charge in [0.25, 0.3) is 5.91 Å². The lowest BCUT2D eigenvalue weighted by Gasteiger charge is -2.32. The van der Waals surface area contributed by atoms with Gasteiger partial charge in [-0.1, -0.05) is 41.4 Å². The van der Waals surface area contributed by atoms with Crippen LogP contribution >= 0.6 is 23.2 Å². The van der Waals surface area contributed by atoms with Crippen molar-refractivity contribution in [1.29, 1.82) is 0 Å². The fourth-order valence-electron chi connectivity index (χ4n) is 3.98. The Labute approximate surface area is 202 Å². The molecule has 4 rings (SSSR count). The number of carbonyl (C=O) groups excluding carboxylic acids is 2. The number of esters is 1. The number of nitrogens with one attached hydrogen (secondary N) is 1. The molecule has 3 aromatic rings. The Morgan fingerprint density at radius 2 is 1.85 bits per heavy atom. The molecule has 0 bridgehead atoms. The number of hydrogen-bond acceptors (Lipinski definition) is 5. The van der Waals surface area contributed by atoms with E-state index in [-0.39, 0.29) is 0 Å². The first-order valence-corrected chi connectivity index (χ1v) is 11.6. The minimum Gasteiger partial charge on any atom is -0.449 e. The molecule has 1 aromatic heterocycles. The van der Waals surface area contributed by atoms with Crippen molar-refractivity contribution >= 4 is 51.7 Å². The maximum absolute atomic E-state index is 13.4. The van der Waals surface area contributed by atoms with Gasteiger partial charge in [-0.2, -0.15) is 0 Å². The molecular weight excluding hydrogens is 461 g/mol. The summed E-state index contributed by atoms with van der Waals surface area (Å²) in [6, 6.07) is 12.6. The van der Waals surface area contributed by atoms with Crippen molar-refractivity contribution in [2.75, 3.05) is 11.9 Å². The molecule has 1 atom stereocenters. The Hall–Kier alpha value is -2.67. The number of pyridine rings is 1. The smallest absolute Gasteiger partial charge is 0.339 e. The zero-order valence-electron chi connectivity index (χ0n) is 18.7. The van der Waals surface area contributed by atoms with Crippen LogP contribution in [0.2, 0.25) is 10.0 Å². The number of para-hydroxylation sites is 1. The van der Waals surface area contributed by atoms with Crippen LogP contribution in [0, 0.1) is 0 Å². The summed E-state index contributed by atoms with van der Waals surface area (Å²) in [7, 11) is 0. The third-order valence-electron chi connectivity index (χ3n) is 5.85. The number of aromatic nitrogens is 1. The van der Waals surface area contributed by atoms with E-state index in [2.05, 4.69) is 24.1 Å². The van der Waals surface area contributed by atoms with Gasteiger partial charge < -0.3 is 10.1 Å². The van der Waals surface area contributed by atoms with Gasteiger partial charge in [-0.25, -0.2) is 4.79 Å². The van der Waals surface area contributed by atoms with E-state index in [0.717, 1.165) is 35.1 Å². The van der Waals surface area contributed by atoms with Crippen molar-refractivity contribution in [3.8, 4) is 0 Å². The van der Waals surface area contributed by atoms with Gasteiger partial charge in [0.05, 0.1) is 21.1 Å². The number of fused-ring (bicyclic) bond motifs is 2.